The van der Waals surface area contributed by atoms with Gasteiger partial charge in [-0.05, 0) is 36.7 Å². The van der Waals surface area contributed by atoms with Crippen LogP contribution < -0.4 is 5.32 Å². The number of piperazine rings is 1. The maximum atomic E-state index is 13.4. The summed E-state index contributed by atoms with van der Waals surface area (Å²) in [7, 11) is 2.12. The lowest BCUT2D eigenvalue weighted by molar-refractivity contribution is -0.112. The molecule has 1 amide bonds. The molecule has 4 nitrogen and oxygen atoms in total. The highest BCUT2D eigenvalue weighted by atomic mass is 19.4. The summed E-state index contributed by atoms with van der Waals surface area (Å²) in [5.41, 5.74) is 0.584. The summed E-state index contributed by atoms with van der Waals surface area (Å²) in [6, 6.07) is 14.6. The molecule has 1 aliphatic rings. The smallest absolute Gasteiger partial charge is 0.323 e. The van der Waals surface area contributed by atoms with Crippen LogP contribution in [0.3, 0.4) is 0 Å². The van der Waals surface area contributed by atoms with E-state index < -0.39 is 17.7 Å². The molecule has 1 N–H and O–H groups in total. The number of anilines is 1. The number of hydrogen-bond donors (Lipinski definition) is 1. The van der Waals surface area contributed by atoms with Crippen molar-refractivity contribution in [3.8, 4) is 0 Å². The van der Waals surface area contributed by atoms with Crippen LogP contribution in [0.15, 0.2) is 60.7 Å². The molecular formula is C23H26F3N3O. The lowest BCUT2D eigenvalue weighted by Crippen LogP contribution is -2.45. The number of carbonyl (C=O) groups is 1. The third kappa shape index (κ3) is 6.43. The molecule has 2 aromatic rings. The molecule has 160 valence electrons. The second-order valence-electron chi connectivity index (χ2n) is 7.50. The molecule has 2 aromatic carbocycles. The Balaban J connectivity index is 1.59. The summed E-state index contributed by atoms with van der Waals surface area (Å²) in [5.74, 6) is -0.809. The van der Waals surface area contributed by atoms with Gasteiger partial charge in [-0.3, -0.25) is 4.79 Å². The van der Waals surface area contributed by atoms with E-state index in [1.807, 2.05) is 12.1 Å². The Kier molecular flexibility index (Phi) is 7.29. The highest BCUT2D eigenvalue weighted by Crippen LogP contribution is 2.33. The predicted molar refractivity (Wildman–Crippen MR) is 113 cm³/mol. The van der Waals surface area contributed by atoms with Crippen molar-refractivity contribution in [2.45, 2.75) is 12.6 Å². The summed E-state index contributed by atoms with van der Waals surface area (Å²) in [6.45, 7) is 5.22. The van der Waals surface area contributed by atoms with E-state index in [-0.39, 0.29) is 5.56 Å². The van der Waals surface area contributed by atoms with E-state index >= 15 is 0 Å². The number of benzene rings is 2. The van der Waals surface area contributed by atoms with Gasteiger partial charge >= 0.3 is 6.18 Å². The standard InChI is InChI=1S/C23H26F3N3O/c1-28-13-15-29(16-14-28)12-11-18-7-9-20(10-8-18)27-22(30)17-21(23(24,25)26)19-5-3-2-4-6-19/h2-10,17H,11-16H2,1H3,(H,27,30)/b21-17-. The van der Waals surface area contributed by atoms with Gasteiger partial charge in [0.1, 0.15) is 0 Å². The van der Waals surface area contributed by atoms with Crippen LogP contribution >= 0.6 is 0 Å². The first-order valence-electron chi connectivity index (χ1n) is 9.96. The van der Waals surface area contributed by atoms with E-state index in [2.05, 4.69) is 22.2 Å². The zero-order chi connectivity index (χ0) is 21.6. The summed E-state index contributed by atoms with van der Waals surface area (Å²) in [5, 5.41) is 2.52. The number of amides is 1. The summed E-state index contributed by atoms with van der Waals surface area (Å²) in [6.07, 6.45) is -3.12. The van der Waals surface area contributed by atoms with Crippen molar-refractivity contribution in [3.05, 3.63) is 71.8 Å². The number of hydrogen-bond acceptors (Lipinski definition) is 3. The number of allylic oxidation sites excluding steroid dienone is 1. The second-order valence-corrected chi connectivity index (χ2v) is 7.50. The Morgan fingerprint density at radius 1 is 1.00 bits per heavy atom. The molecule has 0 unspecified atom stereocenters. The monoisotopic (exact) mass is 417 g/mol. The van der Waals surface area contributed by atoms with Crippen molar-refractivity contribution < 1.29 is 18.0 Å². The molecule has 0 bridgehead atoms. The molecule has 0 aliphatic carbocycles. The van der Waals surface area contributed by atoms with Gasteiger partial charge in [0.15, 0.2) is 0 Å². The van der Waals surface area contributed by atoms with Crippen LogP contribution in [0.2, 0.25) is 0 Å². The molecule has 7 heteroatoms. The van der Waals surface area contributed by atoms with Gasteiger partial charge in [-0.25, -0.2) is 0 Å². The highest BCUT2D eigenvalue weighted by molar-refractivity contribution is 6.04. The zero-order valence-electron chi connectivity index (χ0n) is 17.0. The van der Waals surface area contributed by atoms with Gasteiger partial charge < -0.3 is 15.1 Å². The first-order valence-corrected chi connectivity index (χ1v) is 9.96. The summed E-state index contributed by atoms with van der Waals surface area (Å²) in [4.78, 5) is 16.9. The van der Waals surface area contributed by atoms with Crippen LogP contribution in [0.4, 0.5) is 18.9 Å². The number of nitrogens with one attached hydrogen (secondary N) is 1. The van der Waals surface area contributed by atoms with Crippen LogP contribution in [-0.4, -0.2) is 61.7 Å². The number of carbonyl (C=O) groups excluding carboxylic acids is 1. The maximum absolute atomic E-state index is 13.4. The fourth-order valence-electron chi connectivity index (χ4n) is 3.37. The van der Waals surface area contributed by atoms with E-state index in [4.69, 9.17) is 0 Å². The molecule has 1 aliphatic heterocycles. The molecule has 1 fully saturated rings. The Morgan fingerprint density at radius 3 is 2.23 bits per heavy atom. The van der Waals surface area contributed by atoms with Gasteiger partial charge in [0.2, 0.25) is 5.91 Å². The van der Waals surface area contributed by atoms with Gasteiger partial charge in [-0.15, -0.1) is 0 Å². The molecule has 0 atom stereocenters. The minimum Gasteiger partial charge on any atom is -0.323 e. The van der Waals surface area contributed by atoms with E-state index in [9.17, 15) is 18.0 Å². The Bertz CT molecular complexity index is 856. The molecule has 0 saturated carbocycles. The first kappa shape index (κ1) is 22.1. The quantitative estimate of drug-likeness (QED) is 0.720. The number of nitrogens with zero attached hydrogens (tertiary/aromatic N) is 2. The van der Waals surface area contributed by atoms with Crippen molar-refractivity contribution in [2.24, 2.45) is 0 Å². The van der Waals surface area contributed by atoms with Crippen molar-refractivity contribution in [1.82, 2.24) is 9.80 Å². The number of rotatable bonds is 6. The van der Waals surface area contributed by atoms with Crippen LogP contribution in [0, 0.1) is 0 Å². The molecule has 3 rings (SSSR count). The average Bonchev–Trinajstić information content (AvgIpc) is 2.72. The van der Waals surface area contributed by atoms with Crippen molar-refractivity contribution in [3.63, 3.8) is 0 Å². The summed E-state index contributed by atoms with van der Waals surface area (Å²) >= 11 is 0. The number of likely N-dealkylation sites (N-methyl/N-ethyl adjacent to an activating group) is 1. The van der Waals surface area contributed by atoms with Crippen LogP contribution in [0.25, 0.3) is 5.57 Å². The molecule has 1 saturated heterocycles. The Labute approximate surface area is 175 Å². The molecular weight excluding hydrogens is 391 g/mol. The van der Waals surface area contributed by atoms with Gasteiger partial charge in [-0.2, -0.15) is 13.2 Å². The third-order valence-electron chi connectivity index (χ3n) is 5.20. The van der Waals surface area contributed by atoms with Crippen LogP contribution in [0.1, 0.15) is 11.1 Å². The van der Waals surface area contributed by atoms with Crippen LogP contribution in [-0.2, 0) is 11.2 Å². The highest BCUT2D eigenvalue weighted by Gasteiger charge is 2.35. The SMILES string of the molecule is CN1CCN(CCc2ccc(NC(=O)/C=C(/c3ccccc3)C(F)(F)F)cc2)CC1. The fraction of sp³-hybridized carbons (Fsp3) is 0.348. The van der Waals surface area contributed by atoms with E-state index in [1.54, 1.807) is 18.2 Å². The molecule has 1 heterocycles. The summed E-state index contributed by atoms with van der Waals surface area (Å²) < 4.78 is 40.1. The molecule has 0 aromatic heterocycles. The van der Waals surface area contributed by atoms with Crippen molar-refractivity contribution >= 4 is 17.2 Å². The number of alkyl halides is 3. The predicted octanol–water partition coefficient (Wildman–Crippen LogP) is 4.06. The average molecular weight is 417 g/mol. The first-order chi connectivity index (χ1) is 14.3. The van der Waals surface area contributed by atoms with Gasteiger partial charge in [-0.1, -0.05) is 42.5 Å². The minimum atomic E-state index is -4.62. The lowest BCUT2D eigenvalue weighted by Gasteiger charge is -2.32. The topological polar surface area (TPSA) is 35.6 Å². The second kappa shape index (κ2) is 9.91. The third-order valence-corrected chi connectivity index (χ3v) is 5.20. The molecule has 0 spiro atoms. The van der Waals surface area contributed by atoms with Crippen molar-refractivity contribution in [2.75, 3.05) is 45.1 Å². The van der Waals surface area contributed by atoms with Crippen LogP contribution in [0.5, 0.6) is 0 Å². The zero-order valence-corrected chi connectivity index (χ0v) is 17.0. The van der Waals surface area contributed by atoms with Gasteiger partial charge in [0, 0.05) is 44.5 Å². The lowest BCUT2D eigenvalue weighted by atomic mass is 10.1. The molecule has 30 heavy (non-hydrogen) atoms. The molecule has 0 radical (unpaired) electrons. The van der Waals surface area contributed by atoms with E-state index in [0.29, 0.717) is 11.8 Å². The normalized spacial score (nSPS) is 16.5. The maximum Gasteiger partial charge on any atom is 0.417 e. The Morgan fingerprint density at radius 2 is 1.63 bits per heavy atom. The van der Waals surface area contributed by atoms with E-state index in [0.717, 1.165) is 44.7 Å². The fourth-order valence-corrected chi connectivity index (χ4v) is 3.37. The van der Waals surface area contributed by atoms with E-state index in [1.165, 1.54) is 24.3 Å². The number of halogens is 3. The van der Waals surface area contributed by atoms with Gasteiger partial charge in [0.25, 0.3) is 0 Å². The Hall–Kier alpha value is -2.64. The van der Waals surface area contributed by atoms with Gasteiger partial charge in [0.05, 0.1) is 5.57 Å². The largest absolute Gasteiger partial charge is 0.417 e. The minimum absolute atomic E-state index is 0.0422. The van der Waals surface area contributed by atoms with Crippen molar-refractivity contribution in [1.29, 1.82) is 0 Å².